The topological polar surface area (TPSA) is 60.6 Å². The van der Waals surface area contributed by atoms with Gasteiger partial charge in [-0.3, -0.25) is 4.79 Å². The molecule has 5 nitrogen and oxygen atoms in total. The first-order chi connectivity index (χ1) is 12.0. The minimum Gasteiger partial charge on any atom is -0.459 e. The molecule has 0 radical (unpaired) electrons. The molecule has 1 aliphatic carbocycles. The number of carbonyl (C=O) groups is 1. The zero-order chi connectivity index (χ0) is 19.3. The van der Waals surface area contributed by atoms with Crippen LogP contribution in [0.5, 0.6) is 0 Å². The van der Waals surface area contributed by atoms with E-state index in [0.717, 1.165) is 25.9 Å². The minimum atomic E-state index is -0.523. The van der Waals surface area contributed by atoms with Gasteiger partial charge in [0.25, 0.3) is 0 Å². The molecular weight excluding hydrogens is 332 g/mol. The van der Waals surface area contributed by atoms with Gasteiger partial charge in [-0.25, -0.2) is 0 Å². The fourth-order valence-corrected chi connectivity index (χ4v) is 4.38. The van der Waals surface area contributed by atoms with Gasteiger partial charge in [0.1, 0.15) is 23.4 Å². The average molecular weight is 366 g/mol. The number of esters is 1. The third-order valence-electron chi connectivity index (χ3n) is 6.11. The van der Waals surface area contributed by atoms with E-state index >= 15 is 0 Å². The summed E-state index contributed by atoms with van der Waals surface area (Å²) in [7, 11) is 1.70. The maximum absolute atomic E-state index is 12.4. The Hall–Kier alpha value is -0.910. The predicted molar refractivity (Wildman–Crippen MR) is 98.9 cm³/mol. The maximum atomic E-state index is 12.4. The SMILES string of the molecule is COC1C(OC(=O)C(C)(C)C)CCC2(CO2)C1C1(C)OC1CC=C(C)C. The number of ether oxygens (including phenoxy) is 4. The number of allylic oxidation sites excluding steroid dienone is 1. The van der Waals surface area contributed by atoms with Crippen molar-refractivity contribution in [2.75, 3.05) is 13.7 Å². The number of epoxide rings is 2. The molecule has 6 atom stereocenters. The molecule has 0 aromatic carbocycles. The quantitative estimate of drug-likeness (QED) is 0.422. The van der Waals surface area contributed by atoms with Crippen LogP contribution in [0.2, 0.25) is 0 Å². The van der Waals surface area contributed by atoms with Gasteiger partial charge < -0.3 is 18.9 Å². The van der Waals surface area contributed by atoms with E-state index in [1.165, 1.54) is 5.57 Å². The van der Waals surface area contributed by atoms with Crippen LogP contribution in [0.15, 0.2) is 11.6 Å². The summed E-state index contributed by atoms with van der Waals surface area (Å²) < 4.78 is 23.9. The van der Waals surface area contributed by atoms with Crippen molar-refractivity contribution in [1.82, 2.24) is 0 Å². The second-order valence-corrected chi connectivity index (χ2v) is 9.57. The Labute approximate surface area is 157 Å². The van der Waals surface area contributed by atoms with Gasteiger partial charge in [0, 0.05) is 7.11 Å². The first-order valence-corrected chi connectivity index (χ1v) is 9.72. The Kier molecular flexibility index (Phi) is 5.04. The van der Waals surface area contributed by atoms with E-state index in [9.17, 15) is 4.79 Å². The lowest BCUT2D eigenvalue weighted by molar-refractivity contribution is -0.179. The molecule has 0 aromatic rings. The van der Waals surface area contributed by atoms with Crippen LogP contribution < -0.4 is 0 Å². The average Bonchev–Trinajstić information content (AvgIpc) is 3.44. The summed E-state index contributed by atoms with van der Waals surface area (Å²) in [5.74, 6) is -0.110. The van der Waals surface area contributed by atoms with E-state index in [4.69, 9.17) is 18.9 Å². The van der Waals surface area contributed by atoms with Crippen LogP contribution in [-0.4, -0.2) is 49.2 Å². The highest BCUT2D eigenvalue weighted by atomic mass is 16.6. The van der Waals surface area contributed by atoms with Crippen LogP contribution in [0.1, 0.15) is 60.8 Å². The lowest BCUT2D eigenvalue weighted by atomic mass is 9.68. The fourth-order valence-electron chi connectivity index (χ4n) is 4.38. The van der Waals surface area contributed by atoms with Crippen molar-refractivity contribution in [2.45, 2.75) is 90.3 Å². The van der Waals surface area contributed by atoms with Gasteiger partial charge in [0.15, 0.2) is 0 Å². The molecular formula is C21H34O5. The zero-order valence-corrected chi connectivity index (χ0v) is 17.3. The first kappa shape index (κ1) is 19.8. The molecule has 0 aromatic heterocycles. The Morgan fingerprint density at radius 3 is 2.46 bits per heavy atom. The summed E-state index contributed by atoms with van der Waals surface area (Å²) in [6.45, 7) is 12.7. The molecule has 26 heavy (non-hydrogen) atoms. The van der Waals surface area contributed by atoms with E-state index < -0.39 is 5.41 Å². The normalized spacial score (nSPS) is 41.7. The largest absolute Gasteiger partial charge is 0.459 e. The van der Waals surface area contributed by atoms with E-state index in [0.29, 0.717) is 0 Å². The van der Waals surface area contributed by atoms with Gasteiger partial charge in [-0.05, 0) is 60.8 Å². The van der Waals surface area contributed by atoms with E-state index in [1.54, 1.807) is 7.11 Å². The summed E-state index contributed by atoms with van der Waals surface area (Å²) in [5, 5.41) is 0. The second kappa shape index (κ2) is 6.61. The van der Waals surface area contributed by atoms with Crippen molar-refractivity contribution in [1.29, 1.82) is 0 Å². The molecule has 0 bridgehead atoms. The number of methoxy groups -OCH3 is 1. The molecule has 2 heterocycles. The number of rotatable bonds is 5. The molecule has 3 rings (SSSR count). The predicted octanol–water partition coefficient (Wildman–Crippen LogP) is 3.65. The van der Waals surface area contributed by atoms with Crippen LogP contribution in [-0.2, 0) is 23.7 Å². The Balaban J connectivity index is 1.78. The molecule has 2 aliphatic heterocycles. The van der Waals surface area contributed by atoms with Crippen molar-refractivity contribution in [3.63, 3.8) is 0 Å². The van der Waals surface area contributed by atoms with E-state index in [1.807, 2.05) is 20.8 Å². The lowest BCUT2D eigenvalue weighted by Gasteiger charge is -2.43. The monoisotopic (exact) mass is 366 g/mol. The summed E-state index contributed by atoms with van der Waals surface area (Å²) in [4.78, 5) is 12.4. The molecule has 3 aliphatic rings. The highest BCUT2D eigenvalue weighted by Crippen LogP contribution is 2.59. The lowest BCUT2D eigenvalue weighted by Crippen LogP contribution is -2.56. The molecule has 148 valence electrons. The van der Waals surface area contributed by atoms with E-state index in [2.05, 4.69) is 26.8 Å². The highest BCUT2D eigenvalue weighted by molar-refractivity contribution is 5.75. The maximum Gasteiger partial charge on any atom is 0.311 e. The van der Waals surface area contributed by atoms with Crippen molar-refractivity contribution in [3.8, 4) is 0 Å². The molecule has 5 heteroatoms. The molecule has 3 fully saturated rings. The highest BCUT2D eigenvalue weighted by Gasteiger charge is 2.72. The summed E-state index contributed by atoms with van der Waals surface area (Å²) in [6.07, 6.45) is 4.47. The van der Waals surface area contributed by atoms with Crippen LogP contribution in [0.3, 0.4) is 0 Å². The van der Waals surface area contributed by atoms with Crippen molar-refractivity contribution >= 4 is 5.97 Å². The first-order valence-electron chi connectivity index (χ1n) is 9.72. The molecule has 0 amide bonds. The van der Waals surface area contributed by atoms with Gasteiger partial charge in [0.05, 0.1) is 24.0 Å². The van der Waals surface area contributed by atoms with Crippen LogP contribution in [0.4, 0.5) is 0 Å². The smallest absolute Gasteiger partial charge is 0.311 e. The van der Waals surface area contributed by atoms with Gasteiger partial charge in [-0.2, -0.15) is 0 Å². The standard InChI is InChI=1S/C21H34O5/c1-13(2)8-9-15-20(6,26-15)17-16(23-7)14(10-11-21(17)12-24-21)25-18(22)19(3,4)5/h8,14-17H,9-12H2,1-7H3. The number of hydrogen-bond donors (Lipinski definition) is 0. The molecule has 2 saturated heterocycles. The number of hydrogen-bond acceptors (Lipinski definition) is 5. The minimum absolute atomic E-state index is 0.0714. The second-order valence-electron chi connectivity index (χ2n) is 9.57. The van der Waals surface area contributed by atoms with Gasteiger partial charge in [-0.15, -0.1) is 0 Å². The van der Waals surface area contributed by atoms with Crippen molar-refractivity contribution in [3.05, 3.63) is 11.6 Å². The Bertz CT molecular complexity index is 582. The molecule has 1 spiro atoms. The van der Waals surface area contributed by atoms with Crippen molar-refractivity contribution < 1.29 is 23.7 Å². The summed E-state index contributed by atoms with van der Waals surface area (Å²) in [6, 6.07) is 0. The molecule has 0 N–H and O–H groups in total. The third-order valence-corrected chi connectivity index (χ3v) is 6.11. The third kappa shape index (κ3) is 3.58. The summed E-state index contributed by atoms with van der Waals surface area (Å²) >= 11 is 0. The van der Waals surface area contributed by atoms with Crippen LogP contribution in [0, 0.1) is 11.3 Å². The Morgan fingerprint density at radius 2 is 1.96 bits per heavy atom. The van der Waals surface area contributed by atoms with Gasteiger partial charge in [-0.1, -0.05) is 11.6 Å². The number of carbonyl (C=O) groups excluding carboxylic acids is 1. The fraction of sp³-hybridized carbons (Fsp3) is 0.857. The van der Waals surface area contributed by atoms with Gasteiger partial charge >= 0.3 is 5.97 Å². The van der Waals surface area contributed by atoms with Crippen LogP contribution in [0.25, 0.3) is 0 Å². The molecule has 1 saturated carbocycles. The zero-order valence-electron chi connectivity index (χ0n) is 17.3. The molecule has 6 unspecified atom stereocenters. The van der Waals surface area contributed by atoms with Crippen molar-refractivity contribution in [2.24, 2.45) is 11.3 Å². The van der Waals surface area contributed by atoms with Crippen LogP contribution >= 0.6 is 0 Å². The summed E-state index contributed by atoms with van der Waals surface area (Å²) in [5.41, 5.74) is 0.296. The van der Waals surface area contributed by atoms with E-state index in [-0.39, 0.29) is 41.4 Å². The van der Waals surface area contributed by atoms with Gasteiger partial charge in [0.2, 0.25) is 0 Å². The Morgan fingerprint density at radius 1 is 1.31 bits per heavy atom.